The molecule has 0 aliphatic carbocycles. The van der Waals surface area contributed by atoms with Crippen molar-refractivity contribution in [2.45, 2.75) is 11.8 Å². The van der Waals surface area contributed by atoms with Gasteiger partial charge in [-0.1, -0.05) is 18.2 Å². The summed E-state index contributed by atoms with van der Waals surface area (Å²) in [6.07, 6.45) is 0. The second kappa shape index (κ2) is 5.72. The zero-order valence-electron chi connectivity index (χ0n) is 12.9. The maximum Gasteiger partial charge on any atom is 0.264 e. The van der Waals surface area contributed by atoms with Crippen molar-refractivity contribution < 1.29 is 12.8 Å². The summed E-state index contributed by atoms with van der Waals surface area (Å²) in [5, 5.41) is -0.111. The Morgan fingerprint density at radius 2 is 1.83 bits per heavy atom. The monoisotopic (exact) mass is 347 g/mol. The van der Waals surface area contributed by atoms with Gasteiger partial charge in [-0.3, -0.25) is 9.10 Å². The van der Waals surface area contributed by atoms with E-state index >= 15 is 0 Å². The summed E-state index contributed by atoms with van der Waals surface area (Å²) in [5.74, 6) is -0.606. The van der Waals surface area contributed by atoms with Crippen molar-refractivity contribution in [3.05, 3.63) is 64.5 Å². The second-order valence-corrected chi connectivity index (χ2v) is 7.23. The lowest BCUT2D eigenvalue weighted by Crippen LogP contribution is -2.27. The van der Waals surface area contributed by atoms with E-state index in [1.165, 1.54) is 14.0 Å². The van der Waals surface area contributed by atoms with E-state index in [2.05, 4.69) is 9.97 Å². The summed E-state index contributed by atoms with van der Waals surface area (Å²) in [5.41, 5.74) is -0.317. The molecule has 0 unspecified atom stereocenters. The van der Waals surface area contributed by atoms with E-state index in [4.69, 9.17) is 0 Å². The first-order chi connectivity index (χ1) is 11.3. The number of rotatable bonds is 3. The predicted molar refractivity (Wildman–Crippen MR) is 89.1 cm³/mol. The van der Waals surface area contributed by atoms with Crippen LogP contribution in [-0.4, -0.2) is 25.4 Å². The van der Waals surface area contributed by atoms with Crippen molar-refractivity contribution in [2.24, 2.45) is 0 Å². The number of aromatic nitrogens is 2. The van der Waals surface area contributed by atoms with Gasteiger partial charge >= 0.3 is 0 Å². The minimum atomic E-state index is -4.02. The lowest BCUT2D eigenvalue weighted by Gasteiger charge is -2.19. The van der Waals surface area contributed by atoms with Crippen LogP contribution in [0.4, 0.5) is 10.1 Å². The number of hydrogen-bond acceptors (Lipinski definition) is 4. The molecule has 3 rings (SSSR count). The zero-order valence-corrected chi connectivity index (χ0v) is 13.8. The molecule has 0 fully saturated rings. The van der Waals surface area contributed by atoms with Gasteiger partial charge in [0.1, 0.15) is 11.3 Å². The van der Waals surface area contributed by atoms with Crippen LogP contribution in [0.3, 0.4) is 0 Å². The van der Waals surface area contributed by atoms with Gasteiger partial charge in [0.15, 0.2) is 5.82 Å². The summed E-state index contributed by atoms with van der Waals surface area (Å²) in [6.45, 7) is 1.52. The van der Waals surface area contributed by atoms with Crippen LogP contribution >= 0.6 is 0 Å². The number of sulfonamides is 1. The van der Waals surface area contributed by atoms with Crippen LogP contribution in [0.2, 0.25) is 0 Å². The Kier molecular flexibility index (Phi) is 3.84. The molecular weight excluding hydrogens is 333 g/mol. The Bertz CT molecular complexity index is 1080. The highest BCUT2D eigenvalue weighted by atomic mass is 32.2. The summed E-state index contributed by atoms with van der Waals surface area (Å²) < 4.78 is 40.8. The Hall–Kier alpha value is -2.74. The van der Waals surface area contributed by atoms with Crippen LogP contribution in [0.15, 0.2) is 52.2 Å². The van der Waals surface area contributed by atoms with Crippen LogP contribution < -0.4 is 9.86 Å². The average Bonchev–Trinajstić information content (AvgIpc) is 2.55. The number of H-pyrrole nitrogens is 1. The molecule has 0 bridgehead atoms. The molecule has 0 saturated heterocycles. The number of nitrogens with one attached hydrogen (secondary N) is 1. The first-order valence-electron chi connectivity index (χ1n) is 7.05. The highest BCUT2D eigenvalue weighted by molar-refractivity contribution is 7.92. The number of hydrogen-bond donors (Lipinski definition) is 1. The fraction of sp³-hybridized carbons (Fsp3) is 0.125. The molecule has 124 valence electrons. The van der Waals surface area contributed by atoms with Gasteiger partial charge in [-0.15, -0.1) is 0 Å². The number of fused-ring (bicyclic) bond motifs is 1. The molecule has 24 heavy (non-hydrogen) atoms. The number of aromatic amines is 1. The summed E-state index contributed by atoms with van der Waals surface area (Å²) >= 11 is 0. The van der Waals surface area contributed by atoms with E-state index < -0.39 is 21.4 Å². The molecule has 0 radical (unpaired) electrons. The Morgan fingerprint density at radius 3 is 2.50 bits per heavy atom. The number of aryl methyl sites for hydroxylation is 1. The molecule has 1 aromatic heterocycles. The Balaban J connectivity index is 2.21. The van der Waals surface area contributed by atoms with Crippen molar-refractivity contribution in [2.75, 3.05) is 11.4 Å². The molecule has 0 atom stereocenters. The van der Waals surface area contributed by atoms with Crippen LogP contribution in [-0.2, 0) is 10.0 Å². The molecule has 6 nitrogen and oxygen atoms in total. The normalized spacial score (nSPS) is 11.6. The third kappa shape index (κ3) is 2.65. The number of halogens is 1. The van der Waals surface area contributed by atoms with Crippen LogP contribution in [0.1, 0.15) is 5.82 Å². The van der Waals surface area contributed by atoms with E-state index in [1.54, 1.807) is 30.3 Å². The van der Waals surface area contributed by atoms with E-state index in [0.717, 1.165) is 16.4 Å². The molecule has 8 heteroatoms. The minimum Gasteiger partial charge on any atom is -0.310 e. The summed E-state index contributed by atoms with van der Waals surface area (Å²) in [4.78, 5) is 18.1. The van der Waals surface area contributed by atoms with Crippen LogP contribution in [0, 0.1) is 12.7 Å². The van der Waals surface area contributed by atoms with Crippen molar-refractivity contribution in [1.29, 1.82) is 0 Å². The highest BCUT2D eigenvalue weighted by Crippen LogP contribution is 2.25. The first kappa shape index (κ1) is 16.1. The fourth-order valence-electron chi connectivity index (χ4n) is 2.37. The summed E-state index contributed by atoms with van der Waals surface area (Å²) in [6, 6.07) is 10.4. The molecule has 1 N–H and O–H groups in total. The number of para-hydroxylation sites is 1. The fourth-order valence-corrected chi connectivity index (χ4v) is 3.61. The first-order valence-corrected chi connectivity index (χ1v) is 8.49. The van der Waals surface area contributed by atoms with E-state index in [-0.39, 0.29) is 21.6 Å². The van der Waals surface area contributed by atoms with Crippen LogP contribution in [0.25, 0.3) is 10.9 Å². The van der Waals surface area contributed by atoms with Gasteiger partial charge in [-0.05, 0) is 31.2 Å². The number of anilines is 1. The topological polar surface area (TPSA) is 83.1 Å². The molecule has 2 aromatic carbocycles. The third-order valence-electron chi connectivity index (χ3n) is 3.63. The molecule has 1 heterocycles. The van der Waals surface area contributed by atoms with E-state index in [9.17, 15) is 17.6 Å². The number of benzene rings is 2. The minimum absolute atomic E-state index is 0.111. The molecule has 0 amide bonds. The molecular formula is C16H14FN3O3S. The van der Waals surface area contributed by atoms with Gasteiger partial charge in [0.05, 0.1) is 16.0 Å². The quantitative estimate of drug-likeness (QED) is 0.787. The van der Waals surface area contributed by atoms with Gasteiger partial charge in [-0.2, -0.15) is 0 Å². The van der Waals surface area contributed by atoms with Crippen LogP contribution in [0.5, 0.6) is 0 Å². The molecule has 0 aliphatic heterocycles. The van der Waals surface area contributed by atoms with Crippen molar-refractivity contribution in [1.82, 2.24) is 9.97 Å². The maximum absolute atomic E-state index is 14.3. The second-order valence-electron chi connectivity index (χ2n) is 5.26. The van der Waals surface area contributed by atoms with Gasteiger partial charge in [0, 0.05) is 7.05 Å². The molecule has 0 aliphatic rings. The number of nitrogens with zero attached hydrogens (tertiary/aromatic N) is 2. The summed E-state index contributed by atoms with van der Waals surface area (Å²) in [7, 11) is -2.65. The molecule has 0 saturated carbocycles. The smallest absolute Gasteiger partial charge is 0.264 e. The average molecular weight is 347 g/mol. The largest absolute Gasteiger partial charge is 0.310 e. The lowest BCUT2D eigenvalue weighted by molar-refractivity contribution is 0.590. The Labute approximate surface area is 137 Å². The standard InChI is InChI=1S/C16H14FN3O3S/c1-10-18-15-13(16(21)19-10)8-12(9-14(15)17)24(22,23)20(2)11-6-4-3-5-7-11/h3-9H,1-2H3,(H,18,19,21). The van der Waals surface area contributed by atoms with E-state index in [0.29, 0.717) is 5.69 Å². The SMILES string of the molecule is Cc1nc2c(F)cc(S(=O)(=O)N(C)c3ccccc3)cc2c(=O)[nH]1. The molecule has 3 aromatic rings. The molecule has 0 spiro atoms. The van der Waals surface area contributed by atoms with E-state index in [1.807, 2.05) is 0 Å². The lowest BCUT2D eigenvalue weighted by atomic mass is 10.2. The van der Waals surface area contributed by atoms with Gasteiger partial charge in [0.25, 0.3) is 15.6 Å². The maximum atomic E-state index is 14.3. The van der Waals surface area contributed by atoms with Gasteiger partial charge in [-0.25, -0.2) is 17.8 Å². The highest BCUT2D eigenvalue weighted by Gasteiger charge is 2.24. The zero-order chi connectivity index (χ0) is 17.5. The van der Waals surface area contributed by atoms with Crippen molar-refractivity contribution in [3.8, 4) is 0 Å². The predicted octanol–water partition coefficient (Wildman–Crippen LogP) is 2.20. The third-order valence-corrected chi connectivity index (χ3v) is 5.40. The van der Waals surface area contributed by atoms with Gasteiger partial charge < -0.3 is 4.98 Å². The Morgan fingerprint density at radius 1 is 1.17 bits per heavy atom. The van der Waals surface area contributed by atoms with Crippen molar-refractivity contribution in [3.63, 3.8) is 0 Å². The van der Waals surface area contributed by atoms with Gasteiger partial charge in [0.2, 0.25) is 0 Å². The van der Waals surface area contributed by atoms with Crippen molar-refractivity contribution >= 4 is 26.6 Å².